The van der Waals surface area contributed by atoms with Gasteiger partial charge in [0.2, 0.25) is 0 Å². The number of H-pyrrole nitrogens is 1. The normalized spacial score (nSPS) is 10.5. The van der Waals surface area contributed by atoms with Crippen LogP contribution in [0.2, 0.25) is 0 Å². The molecule has 0 aromatic carbocycles. The predicted octanol–water partition coefficient (Wildman–Crippen LogP) is 0.811. The summed E-state index contributed by atoms with van der Waals surface area (Å²) < 4.78 is 5.09. The van der Waals surface area contributed by atoms with E-state index in [4.69, 9.17) is 4.52 Å². The van der Waals surface area contributed by atoms with E-state index in [1.165, 1.54) is 17.5 Å². The molecule has 3 aromatic rings. The molecule has 3 heterocycles. The van der Waals surface area contributed by atoms with Crippen LogP contribution >= 0.6 is 11.3 Å². The second-order valence-corrected chi connectivity index (χ2v) is 4.93. The van der Waals surface area contributed by atoms with E-state index in [1.807, 2.05) is 17.5 Å². The highest BCUT2D eigenvalue weighted by molar-refractivity contribution is 7.13. The lowest BCUT2D eigenvalue weighted by Gasteiger charge is -2.00. The average Bonchev–Trinajstić information content (AvgIpc) is 3.15. The quantitative estimate of drug-likeness (QED) is 0.737. The number of rotatable bonds is 4. The summed E-state index contributed by atoms with van der Waals surface area (Å²) in [6.45, 7) is 0.0879. The SMILES string of the molecule is O=C(NCc1noc(-c2cccs2)n1)c1cncc(=O)[nH]1. The summed E-state index contributed by atoms with van der Waals surface area (Å²) in [5.74, 6) is 0.282. The first-order valence-electron chi connectivity index (χ1n) is 5.91. The Balaban J connectivity index is 1.65. The van der Waals surface area contributed by atoms with Crippen LogP contribution in [-0.2, 0) is 6.54 Å². The Morgan fingerprint density at radius 3 is 3.10 bits per heavy atom. The first kappa shape index (κ1) is 13.2. The Labute approximate surface area is 121 Å². The largest absolute Gasteiger partial charge is 0.343 e. The molecule has 0 aliphatic carbocycles. The molecule has 9 heteroatoms. The first-order valence-corrected chi connectivity index (χ1v) is 6.79. The van der Waals surface area contributed by atoms with Crippen LogP contribution in [-0.4, -0.2) is 26.0 Å². The van der Waals surface area contributed by atoms with Crippen molar-refractivity contribution in [2.75, 3.05) is 0 Å². The molecule has 106 valence electrons. The molecule has 0 radical (unpaired) electrons. The maximum atomic E-state index is 11.8. The van der Waals surface area contributed by atoms with E-state index in [-0.39, 0.29) is 12.2 Å². The molecule has 0 saturated carbocycles. The van der Waals surface area contributed by atoms with Crippen LogP contribution in [0.1, 0.15) is 16.3 Å². The number of carbonyl (C=O) groups excluding carboxylic acids is 1. The Hall–Kier alpha value is -2.81. The zero-order valence-electron chi connectivity index (χ0n) is 10.6. The number of amides is 1. The van der Waals surface area contributed by atoms with E-state index in [0.29, 0.717) is 11.7 Å². The van der Waals surface area contributed by atoms with E-state index < -0.39 is 11.5 Å². The van der Waals surface area contributed by atoms with Gasteiger partial charge in [0.25, 0.3) is 17.4 Å². The lowest BCUT2D eigenvalue weighted by Crippen LogP contribution is -2.26. The molecule has 0 atom stereocenters. The van der Waals surface area contributed by atoms with Crippen LogP contribution in [0.5, 0.6) is 0 Å². The second kappa shape index (κ2) is 5.67. The molecule has 0 bridgehead atoms. The number of thiophene rings is 1. The molecule has 0 saturated heterocycles. The smallest absolute Gasteiger partial charge is 0.269 e. The number of hydrogen-bond donors (Lipinski definition) is 2. The van der Waals surface area contributed by atoms with Crippen LogP contribution in [0.4, 0.5) is 0 Å². The fraction of sp³-hybridized carbons (Fsp3) is 0.0833. The third-order valence-electron chi connectivity index (χ3n) is 2.51. The number of hydrogen-bond acceptors (Lipinski definition) is 7. The van der Waals surface area contributed by atoms with E-state index in [0.717, 1.165) is 11.1 Å². The average molecular weight is 303 g/mol. The molecular weight excluding hydrogens is 294 g/mol. The third kappa shape index (κ3) is 3.03. The molecule has 21 heavy (non-hydrogen) atoms. The second-order valence-electron chi connectivity index (χ2n) is 3.99. The summed E-state index contributed by atoms with van der Waals surface area (Å²) in [6, 6.07) is 3.74. The van der Waals surface area contributed by atoms with Gasteiger partial charge in [-0.1, -0.05) is 11.2 Å². The topological polar surface area (TPSA) is 114 Å². The maximum absolute atomic E-state index is 11.8. The maximum Gasteiger partial charge on any atom is 0.269 e. The number of nitrogens with zero attached hydrogens (tertiary/aromatic N) is 3. The minimum atomic E-state index is -0.470. The fourth-order valence-electron chi connectivity index (χ4n) is 1.57. The molecule has 8 nitrogen and oxygen atoms in total. The van der Waals surface area contributed by atoms with E-state index in [1.54, 1.807) is 0 Å². The van der Waals surface area contributed by atoms with E-state index in [2.05, 4.69) is 25.4 Å². The monoisotopic (exact) mass is 303 g/mol. The van der Waals surface area contributed by atoms with Crippen molar-refractivity contribution in [3.63, 3.8) is 0 Å². The minimum absolute atomic E-state index is 0.0736. The molecule has 3 aromatic heterocycles. The highest BCUT2D eigenvalue weighted by Crippen LogP contribution is 2.22. The highest BCUT2D eigenvalue weighted by atomic mass is 32.1. The van der Waals surface area contributed by atoms with Crippen molar-refractivity contribution in [2.24, 2.45) is 0 Å². The van der Waals surface area contributed by atoms with Gasteiger partial charge < -0.3 is 14.8 Å². The van der Waals surface area contributed by atoms with Crippen molar-refractivity contribution in [2.45, 2.75) is 6.54 Å². The number of aromatic amines is 1. The Morgan fingerprint density at radius 1 is 1.43 bits per heavy atom. The van der Waals surface area contributed by atoms with Crippen LogP contribution in [0, 0.1) is 0 Å². The summed E-state index contributed by atoms with van der Waals surface area (Å²) in [5.41, 5.74) is -0.369. The summed E-state index contributed by atoms with van der Waals surface area (Å²) in [4.78, 5) is 33.9. The molecule has 2 N–H and O–H groups in total. The summed E-state index contributed by atoms with van der Waals surface area (Å²) in [6.07, 6.45) is 2.35. The van der Waals surface area contributed by atoms with Crippen molar-refractivity contribution in [1.29, 1.82) is 0 Å². The van der Waals surface area contributed by atoms with Gasteiger partial charge >= 0.3 is 0 Å². The third-order valence-corrected chi connectivity index (χ3v) is 3.36. The molecule has 1 amide bonds. The van der Waals surface area contributed by atoms with Crippen LogP contribution in [0.15, 0.2) is 39.2 Å². The summed E-state index contributed by atoms with van der Waals surface area (Å²) >= 11 is 1.48. The van der Waals surface area contributed by atoms with E-state index in [9.17, 15) is 9.59 Å². The molecule has 3 rings (SSSR count). The standard InChI is InChI=1S/C12H9N5O3S/c18-10-6-13-4-7(15-10)11(19)14-5-9-16-12(20-17-9)8-2-1-3-21-8/h1-4,6H,5H2,(H,14,19)(H,15,18). The Bertz CT molecular complexity index is 808. The molecule has 0 fully saturated rings. The molecule has 0 aliphatic heterocycles. The summed E-state index contributed by atoms with van der Waals surface area (Å²) in [7, 11) is 0. The fourth-order valence-corrected chi connectivity index (χ4v) is 2.22. The highest BCUT2D eigenvalue weighted by Gasteiger charge is 2.12. The van der Waals surface area contributed by atoms with Gasteiger partial charge in [-0.2, -0.15) is 4.98 Å². The van der Waals surface area contributed by atoms with Gasteiger partial charge in [0.1, 0.15) is 5.69 Å². The molecular formula is C12H9N5O3S. The van der Waals surface area contributed by atoms with Crippen LogP contribution < -0.4 is 10.9 Å². The van der Waals surface area contributed by atoms with E-state index >= 15 is 0 Å². The Morgan fingerprint density at radius 2 is 2.33 bits per heavy atom. The van der Waals surface area contributed by atoms with Gasteiger partial charge in [0, 0.05) is 0 Å². The van der Waals surface area contributed by atoms with Crippen LogP contribution in [0.3, 0.4) is 0 Å². The van der Waals surface area contributed by atoms with Crippen LogP contribution in [0.25, 0.3) is 10.8 Å². The lowest BCUT2D eigenvalue weighted by molar-refractivity contribution is 0.0944. The molecule has 0 aliphatic rings. The summed E-state index contributed by atoms with van der Waals surface area (Å²) in [5, 5.41) is 8.25. The molecule has 0 unspecified atom stereocenters. The van der Waals surface area contributed by atoms with Gasteiger partial charge in [-0.15, -0.1) is 11.3 Å². The first-order chi connectivity index (χ1) is 10.2. The minimum Gasteiger partial charge on any atom is -0.343 e. The van der Waals surface area contributed by atoms with Gasteiger partial charge in [-0.05, 0) is 11.4 Å². The van der Waals surface area contributed by atoms with Gasteiger partial charge in [-0.25, -0.2) is 0 Å². The number of carbonyl (C=O) groups is 1. The zero-order valence-corrected chi connectivity index (χ0v) is 11.4. The number of aromatic nitrogens is 4. The Kier molecular flexibility index (Phi) is 3.56. The van der Waals surface area contributed by atoms with Crippen molar-refractivity contribution in [1.82, 2.24) is 25.4 Å². The van der Waals surface area contributed by atoms with Crippen molar-refractivity contribution in [3.05, 3.63) is 51.8 Å². The van der Waals surface area contributed by atoms with Crippen molar-refractivity contribution in [3.8, 4) is 10.8 Å². The lowest BCUT2D eigenvalue weighted by atomic mass is 10.4. The van der Waals surface area contributed by atoms with Gasteiger partial charge in [0.15, 0.2) is 5.82 Å². The predicted molar refractivity (Wildman–Crippen MR) is 73.6 cm³/mol. The van der Waals surface area contributed by atoms with Gasteiger partial charge in [0.05, 0.1) is 23.8 Å². The number of nitrogens with one attached hydrogen (secondary N) is 2. The zero-order chi connectivity index (χ0) is 14.7. The van der Waals surface area contributed by atoms with Crippen molar-refractivity contribution < 1.29 is 9.32 Å². The molecule has 0 spiro atoms. The van der Waals surface area contributed by atoms with Gasteiger partial charge in [-0.3, -0.25) is 14.6 Å². The van der Waals surface area contributed by atoms with Crippen molar-refractivity contribution >= 4 is 17.2 Å².